The summed E-state index contributed by atoms with van der Waals surface area (Å²) in [6, 6.07) is 4.60. The Morgan fingerprint density at radius 1 is 1.27 bits per heavy atom. The van der Waals surface area contributed by atoms with Crippen LogP contribution < -0.4 is 10.9 Å². The Morgan fingerprint density at radius 3 is 2.73 bits per heavy atom. The van der Waals surface area contributed by atoms with E-state index in [1.807, 2.05) is 6.07 Å². The molecule has 26 heavy (non-hydrogen) atoms. The number of hydrogen-bond donors (Lipinski definition) is 2. The number of nitro benzene ring substituents is 1. The molecule has 2 amide bonds. The van der Waals surface area contributed by atoms with E-state index in [2.05, 4.69) is 17.8 Å². The zero-order valence-corrected chi connectivity index (χ0v) is 14.7. The van der Waals surface area contributed by atoms with Crippen LogP contribution >= 0.6 is 11.3 Å². The van der Waals surface area contributed by atoms with Gasteiger partial charge in [0.25, 0.3) is 11.8 Å². The van der Waals surface area contributed by atoms with Crippen molar-refractivity contribution in [1.82, 2.24) is 10.9 Å². The third-order valence-corrected chi connectivity index (χ3v) is 5.48. The first-order valence-corrected chi connectivity index (χ1v) is 8.83. The van der Waals surface area contributed by atoms with Gasteiger partial charge in [-0.25, -0.2) is 0 Å². The highest BCUT2D eigenvalue weighted by Gasteiger charge is 2.21. The number of carbonyl (C=O) groups excluding carboxylic acids is 2. The molecule has 0 spiro atoms. The quantitative estimate of drug-likeness (QED) is 0.634. The first kappa shape index (κ1) is 18.0. The molecule has 1 aromatic carbocycles. The normalized spacial score (nSPS) is 15.8. The summed E-state index contributed by atoms with van der Waals surface area (Å²) in [5, 5.41) is 10.7. The van der Waals surface area contributed by atoms with Crippen molar-refractivity contribution in [1.29, 1.82) is 0 Å². The fraction of sp³-hybridized carbons (Fsp3) is 0.294. The van der Waals surface area contributed by atoms with Gasteiger partial charge >= 0.3 is 5.69 Å². The van der Waals surface area contributed by atoms with Crippen LogP contribution in [0.15, 0.2) is 24.3 Å². The molecular formula is C17H16FN3O4S. The smallest absolute Gasteiger partial charge is 0.267 e. The van der Waals surface area contributed by atoms with Crippen molar-refractivity contribution >= 4 is 28.8 Å². The lowest BCUT2D eigenvalue weighted by Gasteiger charge is -2.16. The van der Waals surface area contributed by atoms with Gasteiger partial charge in [0.15, 0.2) is 0 Å². The number of carbonyl (C=O) groups is 2. The van der Waals surface area contributed by atoms with Crippen LogP contribution in [0.2, 0.25) is 0 Å². The second-order valence-corrected chi connectivity index (χ2v) is 7.38. The van der Waals surface area contributed by atoms with Gasteiger partial charge in [-0.1, -0.05) is 6.92 Å². The Bertz CT molecular complexity index is 896. The fourth-order valence-corrected chi connectivity index (χ4v) is 3.96. The van der Waals surface area contributed by atoms with E-state index in [-0.39, 0.29) is 5.56 Å². The number of nitrogens with one attached hydrogen (secondary N) is 2. The Kier molecular flexibility index (Phi) is 4.99. The van der Waals surface area contributed by atoms with Crippen LogP contribution in [0.5, 0.6) is 0 Å². The minimum Gasteiger partial charge on any atom is -0.267 e. The highest BCUT2D eigenvalue weighted by Crippen LogP contribution is 2.32. The third kappa shape index (κ3) is 3.72. The Morgan fingerprint density at radius 2 is 2.00 bits per heavy atom. The van der Waals surface area contributed by atoms with Crippen molar-refractivity contribution in [2.75, 3.05) is 0 Å². The molecule has 7 nitrogen and oxygen atoms in total. The van der Waals surface area contributed by atoms with Crippen LogP contribution in [0.3, 0.4) is 0 Å². The summed E-state index contributed by atoms with van der Waals surface area (Å²) in [5.41, 5.74) is 4.72. The van der Waals surface area contributed by atoms with Crippen LogP contribution in [0.25, 0.3) is 0 Å². The maximum absolute atomic E-state index is 13.3. The predicted molar refractivity (Wildman–Crippen MR) is 93.5 cm³/mol. The second kappa shape index (κ2) is 7.20. The van der Waals surface area contributed by atoms with Gasteiger partial charge in [0.2, 0.25) is 5.82 Å². The first-order valence-electron chi connectivity index (χ1n) is 8.01. The molecule has 3 rings (SSSR count). The average Bonchev–Trinajstić information content (AvgIpc) is 3.02. The highest BCUT2D eigenvalue weighted by molar-refractivity contribution is 7.14. The molecular weight excluding hydrogens is 361 g/mol. The van der Waals surface area contributed by atoms with Crippen molar-refractivity contribution in [2.45, 2.75) is 26.2 Å². The number of rotatable bonds is 3. The molecule has 0 saturated heterocycles. The summed E-state index contributed by atoms with van der Waals surface area (Å²) in [4.78, 5) is 35.8. The van der Waals surface area contributed by atoms with Crippen molar-refractivity contribution in [3.05, 3.63) is 61.1 Å². The summed E-state index contributed by atoms with van der Waals surface area (Å²) >= 11 is 1.40. The maximum atomic E-state index is 13.3. The number of fused-ring (bicyclic) bond motifs is 1. The van der Waals surface area contributed by atoms with E-state index in [9.17, 15) is 24.1 Å². The van der Waals surface area contributed by atoms with Gasteiger partial charge in [-0.15, -0.1) is 11.3 Å². The van der Waals surface area contributed by atoms with Gasteiger partial charge in [-0.3, -0.25) is 30.6 Å². The van der Waals surface area contributed by atoms with Crippen molar-refractivity contribution in [3.63, 3.8) is 0 Å². The third-order valence-electron chi connectivity index (χ3n) is 4.25. The molecule has 136 valence electrons. The lowest BCUT2D eigenvalue weighted by Crippen LogP contribution is -2.41. The van der Waals surface area contributed by atoms with E-state index < -0.39 is 28.2 Å². The number of nitro groups is 1. The van der Waals surface area contributed by atoms with Crippen LogP contribution in [-0.2, 0) is 12.8 Å². The standard InChI is InChI=1S/C17H16FN3O4S/c1-9-2-5-14-11(6-9)8-15(26-14)17(23)20-19-16(22)10-3-4-12(18)13(7-10)21(24)25/h3-4,7-9H,2,5-6H2,1H3,(H,19,22)(H,20,23)/t9-/m0/s1. The lowest BCUT2D eigenvalue weighted by molar-refractivity contribution is -0.387. The molecule has 0 unspecified atom stereocenters. The van der Waals surface area contributed by atoms with E-state index in [1.54, 1.807) is 0 Å². The van der Waals surface area contributed by atoms with Gasteiger partial charge in [0.1, 0.15) is 0 Å². The van der Waals surface area contributed by atoms with E-state index in [4.69, 9.17) is 0 Å². The molecule has 1 aromatic heterocycles. The summed E-state index contributed by atoms with van der Waals surface area (Å²) < 4.78 is 13.3. The Hall–Kier alpha value is -2.81. The van der Waals surface area contributed by atoms with Crippen LogP contribution in [-0.4, -0.2) is 16.7 Å². The molecule has 1 atom stereocenters. The van der Waals surface area contributed by atoms with E-state index in [1.165, 1.54) is 21.8 Å². The largest absolute Gasteiger partial charge is 0.305 e. The van der Waals surface area contributed by atoms with Crippen molar-refractivity contribution in [2.24, 2.45) is 5.92 Å². The molecule has 1 aliphatic carbocycles. The molecule has 1 aliphatic rings. The van der Waals surface area contributed by atoms with Gasteiger partial charge in [-0.05, 0) is 48.9 Å². The summed E-state index contributed by atoms with van der Waals surface area (Å²) in [6.07, 6.45) is 2.97. The SMILES string of the molecule is C[C@H]1CCc2sc(C(=O)NNC(=O)c3ccc(F)c([N+](=O)[O-])c3)cc2C1. The molecule has 0 bridgehead atoms. The molecule has 0 saturated carbocycles. The minimum absolute atomic E-state index is 0.127. The molecule has 0 fully saturated rings. The number of halogens is 1. The minimum atomic E-state index is -1.03. The summed E-state index contributed by atoms with van der Waals surface area (Å²) in [6.45, 7) is 2.17. The fourth-order valence-electron chi connectivity index (χ4n) is 2.86. The number of benzene rings is 1. The number of aryl methyl sites for hydroxylation is 1. The molecule has 0 radical (unpaired) electrons. The number of amides is 2. The van der Waals surface area contributed by atoms with Crippen LogP contribution in [0.1, 0.15) is 43.8 Å². The van der Waals surface area contributed by atoms with Gasteiger partial charge in [0.05, 0.1) is 9.80 Å². The van der Waals surface area contributed by atoms with Crippen LogP contribution in [0, 0.1) is 21.8 Å². The van der Waals surface area contributed by atoms with Gasteiger partial charge < -0.3 is 0 Å². The number of nitrogens with zero attached hydrogens (tertiary/aromatic N) is 1. The van der Waals surface area contributed by atoms with E-state index >= 15 is 0 Å². The summed E-state index contributed by atoms with van der Waals surface area (Å²) in [7, 11) is 0. The molecule has 9 heteroatoms. The molecule has 0 aliphatic heterocycles. The number of thiophene rings is 1. The lowest BCUT2D eigenvalue weighted by atomic mass is 9.90. The molecule has 2 aromatic rings. The number of hydrogen-bond acceptors (Lipinski definition) is 5. The zero-order valence-electron chi connectivity index (χ0n) is 13.9. The summed E-state index contributed by atoms with van der Waals surface area (Å²) in [5.74, 6) is -1.67. The van der Waals surface area contributed by atoms with Crippen molar-refractivity contribution in [3.8, 4) is 0 Å². The highest BCUT2D eigenvalue weighted by atomic mass is 32.1. The van der Waals surface area contributed by atoms with Crippen molar-refractivity contribution < 1.29 is 18.9 Å². The first-order chi connectivity index (χ1) is 12.3. The predicted octanol–water partition coefficient (Wildman–Crippen LogP) is 3.00. The maximum Gasteiger partial charge on any atom is 0.305 e. The molecule has 1 heterocycles. The van der Waals surface area contributed by atoms with E-state index in [0.29, 0.717) is 10.8 Å². The number of hydrazine groups is 1. The molecule has 2 N–H and O–H groups in total. The van der Waals surface area contributed by atoms with Crippen LogP contribution in [0.4, 0.5) is 10.1 Å². The van der Waals surface area contributed by atoms with E-state index in [0.717, 1.165) is 37.5 Å². The Balaban J connectivity index is 1.65. The monoisotopic (exact) mass is 377 g/mol. The van der Waals surface area contributed by atoms with Gasteiger partial charge in [-0.2, -0.15) is 4.39 Å². The Labute approximate surface area is 152 Å². The second-order valence-electron chi connectivity index (χ2n) is 6.24. The zero-order chi connectivity index (χ0) is 18.8. The topological polar surface area (TPSA) is 101 Å². The van der Waals surface area contributed by atoms with Gasteiger partial charge in [0, 0.05) is 16.5 Å². The average molecular weight is 377 g/mol.